The van der Waals surface area contributed by atoms with Crippen LogP contribution in [0.1, 0.15) is 66.7 Å². The summed E-state index contributed by atoms with van der Waals surface area (Å²) < 4.78 is 10.4. The van der Waals surface area contributed by atoms with Gasteiger partial charge in [-0.25, -0.2) is 9.59 Å². The monoisotopic (exact) mass is 671 g/mol. The van der Waals surface area contributed by atoms with Gasteiger partial charge >= 0.3 is 12.1 Å². The number of aryl methyl sites for hydroxylation is 1. The Bertz CT molecular complexity index is 1600. The van der Waals surface area contributed by atoms with E-state index in [4.69, 9.17) is 9.47 Å². The molecule has 0 spiro atoms. The van der Waals surface area contributed by atoms with E-state index in [0.29, 0.717) is 11.7 Å². The molecule has 2 amide bonds. The maximum atomic E-state index is 14.4. The molecule has 0 aromatic heterocycles. The van der Waals surface area contributed by atoms with Crippen LogP contribution in [0.4, 0.5) is 4.79 Å². The van der Waals surface area contributed by atoms with E-state index in [1.807, 2.05) is 42.5 Å². The minimum atomic E-state index is -1.87. The SMILES string of the molecule is COC(=O)c1ccc(-c2ccc(CC(NC(=O)OC(C)(C)C)C(=O)N3C[Si](C)(C)CC3C(O)NC3CCCc4ccccc43)cc2)cc1. The number of amides is 2. The Balaban J connectivity index is 1.36. The van der Waals surface area contributed by atoms with Gasteiger partial charge in [0, 0.05) is 18.6 Å². The smallest absolute Gasteiger partial charge is 0.408 e. The zero-order valence-corrected chi connectivity index (χ0v) is 29.9. The fourth-order valence-electron chi connectivity index (χ4n) is 6.92. The van der Waals surface area contributed by atoms with E-state index in [1.165, 1.54) is 18.2 Å². The molecule has 1 fully saturated rings. The van der Waals surface area contributed by atoms with Gasteiger partial charge in [0.25, 0.3) is 0 Å². The molecule has 1 heterocycles. The van der Waals surface area contributed by atoms with Crippen molar-refractivity contribution in [1.29, 1.82) is 0 Å². The molecule has 0 radical (unpaired) electrons. The van der Waals surface area contributed by atoms with Crippen LogP contribution in [0.5, 0.6) is 0 Å². The van der Waals surface area contributed by atoms with Gasteiger partial charge in [-0.15, -0.1) is 0 Å². The zero-order chi connectivity index (χ0) is 34.6. The van der Waals surface area contributed by atoms with E-state index >= 15 is 0 Å². The molecule has 48 heavy (non-hydrogen) atoms. The number of aliphatic hydroxyl groups excluding tert-OH is 1. The van der Waals surface area contributed by atoms with Crippen LogP contribution in [0.25, 0.3) is 11.1 Å². The number of nitrogens with one attached hydrogen (secondary N) is 2. The first-order chi connectivity index (χ1) is 22.7. The molecule has 4 atom stereocenters. The number of benzene rings is 3. The molecule has 3 N–H and O–H groups in total. The Kier molecular flexibility index (Phi) is 10.8. The molecule has 1 aliphatic carbocycles. The quantitative estimate of drug-likeness (QED) is 0.145. The Morgan fingerprint density at radius 2 is 1.62 bits per heavy atom. The molecular weight excluding hydrogens is 623 g/mol. The largest absolute Gasteiger partial charge is 0.465 e. The van der Waals surface area contributed by atoms with Gasteiger partial charge < -0.3 is 24.8 Å². The summed E-state index contributed by atoms with van der Waals surface area (Å²) in [6.07, 6.45) is 2.25. The summed E-state index contributed by atoms with van der Waals surface area (Å²) in [5.74, 6) is -0.615. The van der Waals surface area contributed by atoms with Crippen molar-refractivity contribution in [3.05, 3.63) is 95.1 Å². The normalized spacial score (nSPS) is 19.9. The van der Waals surface area contributed by atoms with Gasteiger partial charge in [0.1, 0.15) is 17.9 Å². The Hall–Kier alpha value is -3.99. The van der Waals surface area contributed by atoms with Crippen LogP contribution in [-0.4, -0.2) is 73.2 Å². The molecule has 9 nitrogen and oxygen atoms in total. The number of aliphatic hydroxyl groups is 1. The molecule has 5 rings (SSSR count). The third kappa shape index (κ3) is 8.72. The number of alkyl carbamates (subject to hydrolysis) is 1. The summed E-state index contributed by atoms with van der Waals surface area (Å²) >= 11 is 0. The summed E-state index contributed by atoms with van der Waals surface area (Å²) in [6, 6.07) is 22.8. The van der Waals surface area contributed by atoms with Crippen LogP contribution >= 0.6 is 0 Å². The lowest BCUT2D eigenvalue weighted by Crippen LogP contribution is -2.56. The summed E-state index contributed by atoms with van der Waals surface area (Å²) in [7, 11) is -0.518. The van der Waals surface area contributed by atoms with Crippen LogP contribution in [0.2, 0.25) is 19.1 Å². The summed E-state index contributed by atoms with van der Waals surface area (Å²) in [5.41, 5.74) is 5.00. The van der Waals surface area contributed by atoms with E-state index in [1.54, 1.807) is 37.8 Å². The second-order valence-electron chi connectivity index (χ2n) is 14.8. The van der Waals surface area contributed by atoms with E-state index < -0.39 is 38.1 Å². The van der Waals surface area contributed by atoms with E-state index in [9.17, 15) is 19.5 Å². The Morgan fingerprint density at radius 3 is 2.27 bits per heavy atom. The zero-order valence-electron chi connectivity index (χ0n) is 28.9. The molecule has 1 aliphatic heterocycles. The highest BCUT2D eigenvalue weighted by Gasteiger charge is 2.46. The highest BCUT2D eigenvalue weighted by Crippen LogP contribution is 2.33. The average molecular weight is 672 g/mol. The van der Waals surface area contributed by atoms with Crippen molar-refractivity contribution in [2.24, 2.45) is 0 Å². The third-order valence-corrected chi connectivity index (χ3v) is 11.9. The van der Waals surface area contributed by atoms with Gasteiger partial charge in [0.05, 0.1) is 26.8 Å². The van der Waals surface area contributed by atoms with Crippen molar-refractivity contribution in [2.75, 3.05) is 13.3 Å². The molecule has 3 aromatic carbocycles. The molecule has 0 saturated carbocycles. The van der Waals surface area contributed by atoms with E-state index in [-0.39, 0.29) is 24.3 Å². The number of esters is 1. The number of carbonyl (C=O) groups excluding carboxylic acids is 3. The molecule has 256 valence electrons. The first kappa shape index (κ1) is 35.3. The Labute approximate surface area is 285 Å². The first-order valence-electron chi connectivity index (χ1n) is 16.8. The van der Waals surface area contributed by atoms with Gasteiger partial charge in [-0.05, 0) is 86.0 Å². The lowest BCUT2D eigenvalue weighted by molar-refractivity contribution is -0.136. The minimum Gasteiger partial charge on any atom is -0.465 e. The second-order valence-corrected chi connectivity index (χ2v) is 19.9. The number of rotatable bonds is 9. The van der Waals surface area contributed by atoms with Crippen molar-refractivity contribution in [3.8, 4) is 11.1 Å². The maximum absolute atomic E-state index is 14.4. The number of nitrogens with zero attached hydrogens (tertiary/aromatic N) is 1. The van der Waals surface area contributed by atoms with Gasteiger partial charge in [-0.3, -0.25) is 10.1 Å². The first-order valence-corrected chi connectivity index (χ1v) is 20.2. The fourth-order valence-corrected chi connectivity index (χ4v) is 9.94. The molecular formula is C38H49N3O6Si. The highest BCUT2D eigenvalue weighted by molar-refractivity contribution is 6.78. The number of fused-ring (bicyclic) bond motifs is 1. The molecule has 0 bridgehead atoms. The number of hydrogen-bond donors (Lipinski definition) is 3. The summed E-state index contributed by atoms with van der Waals surface area (Å²) in [5, 5.41) is 18.0. The van der Waals surface area contributed by atoms with Crippen molar-refractivity contribution >= 4 is 26.0 Å². The Morgan fingerprint density at radius 1 is 0.979 bits per heavy atom. The molecule has 4 unspecified atom stereocenters. The van der Waals surface area contributed by atoms with Gasteiger partial charge in [0.15, 0.2) is 0 Å². The molecule has 2 aliphatic rings. The molecule has 1 saturated heterocycles. The van der Waals surface area contributed by atoms with E-state index in [2.05, 4.69) is 41.9 Å². The number of carbonyl (C=O) groups is 3. The average Bonchev–Trinajstić information content (AvgIpc) is 3.39. The van der Waals surface area contributed by atoms with Crippen LogP contribution in [-0.2, 0) is 27.1 Å². The van der Waals surface area contributed by atoms with Crippen LogP contribution in [0.3, 0.4) is 0 Å². The van der Waals surface area contributed by atoms with E-state index in [0.717, 1.165) is 42.0 Å². The lowest BCUT2D eigenvalue weighted by atomic mass is 9.87. The number of hydrogen-bond acceptors (Lipinski definition) is 7. The molecule has 10 heteroatoms. The number of methoxy groups -OCH3 is 1. The minimum absolute atomic E-state index is 0.0122. The second kappa shape index (κ2) is 14.6. The third-order valence-electron chi connectivity index (χ3n) is 9.17. The summed E-state index contributed by atoms with van der Waals surface area (Å²) in [6.45, 7) is 9.84. The summed E-state index contributed by atoms with van der Waals surface area (Å²) in [4.78, 5) is 41.1. The van der Waals surface area contributed by atoms with Crippen molar-refractivity contribution < 1.29 is 29.0 Å². The van der Waals surface area contributed by atoms with Crippen molar-refractivity contribution in [3.63, 3.8) is 0 Å². The standard InChI is InChI=1S/C38H49N3O6Si/c1-38(2,3)47-37(45)40-32(22-25-14-16-26(17-15-25)27-18-20-29(21-19-27)36(44)46-4)35(43)41-24-48(5,6)23-33(41)34(42)39-31-13-9-11-28-10-7-8-12-30(28)31/h7-8,10,12,14-21,31-34,39,42H,9,11,13,22-24H2,1-6H3,(H,40,45). The topological polar surface area (TPSA) is 117 Å². The van der Waals surface area contributed by atoms with Crippen molar-refractivity contribution in [2.45, 2.75) is 95.5 Å². The van der Waals surface area contributed by atoms with Gasteiger partial charge in [-0.2, -0.15) is 0 Å². The van der Waals surface area contributed by atoms with Gasteiger partial charge in [-0.1, -0.05) is 73.8 Å². The lowest BCUT2D eigenvalue weighted by Gasteiger charge is -2.35. The predicted molar refractivity (Wildman–Crippen MR) is 189 cm³/mol. The fraction of sp³-hybridized carbons (Fsp3) is 0.447. The number of ether oxygens (including phenoxy) is 2. The van der Waals surface area contributed by atoms with Crippen LogP contribution < -0.4 is 10.6 Å². The van der Waals surface area contributed by atoms with Crippen LogP contribution in [0.15, 0.2) is 72.8 Å². The maximum Gasteiger partial charge on any atom is 0.408 e. The van der Waals surface area contributed by atoms with Gasteiger partial charge in [0.2, 0.25) is 5.91 Å². The van der Waals surface area contributed by atoms with Crippen molar-refractivity contribution in [1.82, 2.24) is 15.5 Å². The highest BCUT2D eigenvalue weighted by atomic mass is 28.3. The molecule has 3 aromatic rings. The predicted octanol–water partition coefficient (Wildman–Crippen LogP) is 6.02. The van der Waals surface area contributed by atoms with Crippen LogP contribution in [0, 0.1) is 0 Å².